The Morgan fingerprint density at radius 3 is 1.94 bits per heavy atom. The Morgan fingerprint density at radius 2 is 1.39 bits per heavy atom. The summed E-state index contributed by atoms with van der Waals surface area (Å²) in [5.74, 6) is 1.72. The first-order valence-corrected chi connectivity index (χ1v) is 11.0. The summed E-state index contributed by atoms with van der Waals surface area (Å²) in [7, 11) is 1.72. The first kappa shape index (κ1) is 22.6. The maximum absolute atomic E-state index is 5.98. The maximum atomic E-state index is 5.98. The van der Waals surface area contributed by atoms with E-state index < -0.39 is 0 Å². The van der Waals surface area contributed by atoms with Gasteiger partial charge in [0.05, 0.1) is 7.11 Å². The number of aliphatic imine (C=N–C) groups is 1. The number of hydrogen-bond donors (Lipinski definition) is 0. The molecule has 0 N–H and O–H groups in total. The third kappa shape index (κ3) is 4.66. The van der Waals surface area contributed by atoms with Crippen molar-refractivity contribution in [3.8, 4) is 16.9 Å². The van der Waals surface area contributed by atoms with E-state index in [1.54, 1.807) is 7.11 Å². The molecule has 0 bridgehead atoms. The van der Waals surface area contributed by atoms with Gasteiger partial charge in [0.25, 0.3) is 0 Å². The van der Waals surface area contributed by atoms with Gasteiger partial charge in [-0.2, -0.15) is 0 Å². The molecule has 0 saturated heterocycles. The minimum atomic E-state index is 0.0393. The zero-order valence-electron chi connectivity index (χ0n) is 19.7. The van der Waals surface area contributed by atoms with Crippen molar-refractivity contribution in [1.29, 1.82) is 0 Å². The van der Waals surface area contributed by atoms with Gasteiger partial charge >= 0.3 is 0 Å². The van der Waals surface area contributed by atoms with E-state index in [1.165, 1.54) is 27.8 Å². The molecule has 3 aromatic carbocycles. The van der Waals surface area contributed by atoms with Crippen molar-refractivity contribution < 1.29 is 9.47 Å². The standard InChI is InChI=1S/C26H27NO2.C2H6/c1-16-7-6-8-17(2)24(16)26-27-23(15-29-26)21-11-9-20(10-12-21)22-13-18(3)25(28-5)19(4)14-22;1-2/h6-14,23H,15H2,1-5H3;1-2H3. The van der Waals surface area contributed by atoms with Crippen molar-refractivity contribution >= 4 is 5.90 Å². The van der Waals surface area contributed by atoms with Crippen LogP contribution in [-0.2, 0) is 4.74 Å². The Hall–Kier alpha value is -3.07. The molecule has 0 fully saturated rings. The first-order valence-electron chi connectivity index (χ1n) is 11.0. The Labute approximate surface area is 186 Å². The van der Waals surface area contributed by atoms with Crippen LogP contribution in [0.1, 0.15) is 53.3 Å². The van der Waals surface area contributed by atoms with Crippen molar-refractivity contribution in [3.63, 3.8) is 0 Å². The molecule has 1 unspecified atom stereocenters. The van der Waals surface area contributed by atoms with Crippen molar-refractivity contribution in [2.45, 2.75) is 47.6 Å². The molecule has 0 aromatic heterocycles. The summed E-state index contributed by atoms with van der Waals surface area (Å²) in [6.45, 7) is 13.0. The van der Waals surface area contributed by atoms with Gasteiger partial charge in [-0.15, -0.1) is 0 Å². The second-order valence-electron chi connectivity index (χ2n) is 7.79. The Bertz CT molecular complexity index is 1040. The van der Waals surface area contributed by atoms with Crippen LogP contribution in [0.4, 0.5) is 0 Å². The third-order valence-electron chi connectivity index (χ3n) is 5.64. The fourth-order valence-electron chi connectivity index (χ4n) is 4.17. The fraction of sp³-hybridized carbons (Fsp3) is 0.321. The van der Waals surface area contributed by atoms with Crippen LogP contribution in [0.5, 0.6) is 5.75 Å². The summed E-state index contributed by atoms with van der Waals surface area (Å²) in [5, 5.41) is 0. The largest absolute Gasteiger partial charge is 0.496 e. The monoisotopic (exact) mass is 415 g/mol. The number of nitrogens with zero attached hydrogens (tertiary/aromatic N) is 1. The molecule has 3 aromatic rings. The second-order valence-corrected chi connectivity index (χ2v) is 7.79. The van der Waals surface area contributed by atoms with Crippen LogP contribution in [-0.4, -0.2) is 19.6 Å². The normalized spacial score (nSPS) is 14.9. The van der Waals surface area contributed by atoms with Gasteiger partial charge in [-0.1, -0.05) is 56.3 Å². The molecule has 0 aliphatic carbocycles. The van der Waals surface area contributed by atoms with E-state index in [0.29, 0.717) is 6.61 Å². The molecule has 1 atom stereocenters. The summed E-state index contributed by atoms with van der Waals surface area (Å²) in [4.78, 5) is 4.88. The van der Waals surface area contributed by atoms with Crippen LogP contribution in [0, 0.1) is 27.7 Å². The van der Waals surface area contributed by atoms with Gasteiger partial charge < -0.3 is 9.47 Å². The number of aryl methyl sites for hydroxylation is 4. The van der Waals surface area contributed by atoms with E-state index in [0.717, 1.165) is 28.3 Å². The van der Waals surface area contributed by atoms with E-state index in [-0.39, 0.29) is 6.04 Å². The summed E-state index contributed by atoms with van der Waals surface area (Å²) in [6, 6.07) is 19.3. The van der Waals surface area contributed by atoms with E-state index in [2.05, 4.69) is 82.3 Å². The van der Waals surface area contributed by atoms with E-state index in [9.17, 15) is 0 Å². The maximum Gasteiger partial charge on any atom is 0.217 e. The van der Waals surface area contributed by atoms with Crippen LogP contribution < -0.4 is 4.74 Å². The van der Waals surface area contributed by atoms with E-state index in [1.807, 2.05) is 13.8 Å². The number of methoxy groups -OCH3 is 1. The van der Waals surface area contributed by atoms with Gasteiger partial charge in [-0.25, -0.2) is 4.99 Å². The molecule has 1 aliphatic heterocycles. The molecule has 1 heterocycles. The van der Waals surface area contributed by atoms with Crippen LogP contribution in [0.2, 0.25) is 0 Å². The number of rotatable bonds is 4. The number of hydrogen-bond acceptors (Lipinski definition) is 3. The van der Waals surface area contributed by atoms with Gasteiger partial charge in [0, 0.05) is 5.56 Å². The first-order chi connectivity index (χ1) is 15.0. The number of ether oxygens (including phenoxy) is 2. The lowest BCUT2D eigenvalue weighted by atomic mass is 9.97. The molecule has 0 radical (unpaired) electrons. The molecular weight excluding hydrogens is 382 g/mol. The minimum absolute atomic E-state index is 0.0393. The molecule has 0 saturated carbocycles. The summed E-state index contributed by atoms with van der Waals surface area (Å²) in [6.07, 6.45) is 0. The zero-order chi connectivity index (χ0) is 22.5. The highest BCUT2D eigenvalue weighted by Gasteiger charge is 2.23. The molecule has 31 heavy (non-hydrogen) atoms. The second kappa shape index (κ2) is 9.82. The lowest BCUT2D eigenvalue weighted by Crippen LogP contribution is -2.05. The topological polar surface area (TPSA) is 30.8 Å². The highest BCUT2D eigenvalue weighted by Crippen LogP contribution is 2.32. The molecule has 3 nitrogen and oxygen atoms in total. The van der Waals surface area contributed by atoms with Crippen molar-refractivity contribution in [2.24, 2.45) is 4.99 Å². The van der Waals surface area contributed by atoms with Gasteiger partial charge in [-0.3, -0.25) is 0 Å². The lowest BCUT2D eigenvalue weighted by molar-refractivity contribution is 0.319. The van der Waals surface area contributed by atoms with Crippen LogP contribution in [0.25, 0.3) is 11.1 Å². The summed E-state index contributed by atoms with van der Waals surface area (Å²) < 4.78 is 11.5. The van der Waals surface area contributed by atoms with Crippen molar-refractivity contribution in [2.75, 3.05) is 13.7 Å². The van der Waals surface area contributed by atoms with Crippen LogP contribution in [0.15, 0.2) is 59.6 Å². The average molecular weight is 416 g/mol. The Balaban J connectivity index is 0.00000132. The fourth-order valence-corrected chi connectivity index (χ4v) is 4.17. The molecular formula is C28H33NO2. The molecule has 3 heteroatoms. The minimum Gasteiger partial charge on any atom is -0.496 e. The number of benzene rings is 3. The predicted octanol–water partition coefficient (Wildman–Crippen LogP) is 7.14. The van der Waals surface area contributed by atoms with E-state index in [4.69, 9.17) is 14.5 Å². The van der Waals surface area contributed by atoms with Gasteiger partial charge in [0.15, 0.2) is 0 Å². The SMILES string of the molecule is CC.COc1c(C)cc(-c2ccc(C3COC(c4c(C)cccc4C)=N3)cc2)cc1C. The van der Waals surface area contributed by atoms with Crippen molar-refractivity contribution in [1.82, 2.24) is 0 Å². The molecule has 4 rings (SSSR count). The van der Waals surface area contributed by atoms with Crippen LogP contribution >= 0.6 is 0 Å². The smallest absolute Gasteiger partial charge is 0.217 e. The zero-order valence-corrected chi connectivity index (χ0v) is 19.7. The summed E-state index contributed by atoms with van der Waals surface area (Å²) >= 11 is 0. The van der Waals surface area contributed by atoms with Gasteiger partial charge in [-0.05, 0) is 78.8 Å². The van der Waals surface area contributed by atoms with E-state index >= 15 is 0 Å². The molecule has 1 aliphatic rings. The van der Waals surface area contributed by atoms with Gasteiger partial charge in [0.2, 0.25) is 5.90 Å². The Morgan fingerprint density at radius 1 is 0.806 bits per heavy atom. The third-order valence-corrected chi connectivity index (χ3v) is 5.64. The predicted molar refractivity (Wildman–Crippen MR) is 130 cm³/mol. The van der Waals surface area contributed by atoms with Gasteiger partial charge in [0.1, 0.15) is 18.4 Å². The van der Waals surface area contributed by atoms with Crippen LogP contribution in [0.3, 0.4) is 0 Å². The highest BCUT2D eigenvalue weighted by molar-refractivity contribution is 5.98. The Kier molecular flexibility index (Phi) is 7.17. The molecule has 0 spiro atoms. The summed E-state index contributed by atoms with van der Waals surface area (Å²) in [5.41, 5.74) is 9.40. The molecule has 162 valence electrons. The lowest BCUT2D eigenvalue weighted by Gasteiger charge is -2.12. The average Bonchev–Trinajstić information content (AvgIpc) is 3.25. The van der Waals surface area contributed by atoms with Crippen molar-refractivity contribution in [3.05, 3.63) is 88.0 Å². The molecule has 0 amide bonds. The quantitative estimate of drug-likeness (QED) is 0.453. The highest BCUT2D eigenvalue weighted by atomic mass is 16.5.